The average molecular weight is 401 g/mol. The number of amides is 2. The Hall–Kier alpha value is -3.27. The fraction of sp³-hybridized carbons (Fsp3) is 0.222. The lowest BCUT2D eigenvalue weighted by Gasteiger charge is -2.07. The van der Waals surface area contributed by atoms with Gasteiger partial charge in [0.15, 0.2) is 16.7 Å². The minimum Gasteiger partial charge on any atom is -0.497 e. The van der Waals surface area contributed by atoms with Crippen LogP contribution in [-0.4, -0.2) is 39.4 Å². The molecule has 3 aromatic rings. The zero-order valence-electron chi connectivity index (χ0n) is 15.3. The number of nitrogens with one attached hydrogen (secondary N) is 2. The Kier molecular flexibility index (Phi) is 6.33. The minimum absolute atomic E-state index is 0.161. The molecule has 0 spiro atoms. The first-order valence-electron chi connectivity index (χ1n) is 8.33. The molecule has 0 aliphatic heterocycles. The van der Waals surface area contributed by atoms with Crippen molar-refractivity contribution in [2.45, 2.75) is 11.7 Å². The van der Waals surface area contributed by atoms with Crippen molar-refractivity contribution in [2.24, 2.45) is 7.05 Å². The van der Waals surface area contributed by atoms with Crippen LogP contribution >= 0.6 is 11.8 Å². The molecule has 0 aliphatic rings. The smallest absolute Gasteiger partial charge is 0.287 e. The van der Waals surface area contributed by atoms with E-state index in [9.17, 15) is 9.59 Å². The van der Waals surface area contributed by atoms with Gasteiger partial charge in [0, 0.05) is 12.7 Å². The predicted octanol–water partition coefficient (Wildman–Crippen LogP) is 2.08. The van der Waals surface area contributed by atoms with Gasteiger partial charge in [-0.2, -0.15) is 0 Å². The topological polar surface area (TPSA) is 111 Å². The van der Waals surface area contributed by atoms with Gasteiger partial charge in [-0.3, -0.25) is 9.59 Å². The van der Waals surface area contributed by atoms with E-state index in [4.69, 9.17) is 9.15 Å². The largest absolute Gasteiger partial charge is 0.497 e. The van der Waals surface area contributed by atoms with Crippen LogP contribution in [0.1, 0.15) is 16.4 Å². The Morgan fingerprint density at radius 1 is 1.21 bits per heavy atom. The summed E-state index contributed by atoms with van der Waals surface area (Å²) in [6.45, 7) is 0.196. The zero-order valence-corrected chi connectivity index (χ0v) is 16.2. The van der Waals surface area contributed by atoms with E-state index in [2.05, 4.69) is 20.8 Å². The first-order valence-corrected chi connectivity index (χ1v) is 9.32. The molecule has 0 unspecified atom stereocenters. The second-order valence-electron chi connectivity index (χ2n) is 5.68. The Labute approximate surface area is 165 Å². The molecule has 28 heavy (non-hydrogen) atoms. The molecule has 1 aromatic carbocycles. The molecule has 2 aromatic heterocycles. The molecule has 10 heteroatoms. The monoisotopic (exact) mass is 401 g/mol. The van der Waals surface area contributed by atoms with Crippen molar-refractivity contribution in [1.29, 1.82) is 0 Å². The Morgan fingerprint density at radius 2 is 2.00 bits per heavy atom. The third-order valence-corrected chi connectivity index (χ3v) is 4.80. The third kappa shape index (κ3) is 4.92. The van der Waals surface area contributed by atoms with Gasteiger partial charge in [-0.1, -0.05) is 11.8 Å². The molecule has 9 nitrogen and oxygen atoms in total. The lowest BCUT2D eigenvalue weighted by atomic mass is 10.3. The highest BCUT2D eigenvalue weighted by molar-refractivity contribution is 7.99. The van der Waals surface area contributed by atoms with Crippen molar-refractivity contribution in [3.05, 3.63) is 54.2 Å². The van der Waals surface area contributed by atoms with Crippen molar-refractivity contribution >= 4 is 29.3 Å². The maximum atomic E-state index is 12.1. The number of hydrogen-bond acceptors (Lipinski definition) is 7. The summed E-state index contributed by atoms with van der Waals surface area (Å²) >= 11 is 1.26. The normalized spacial score (nSPS) is 10.5. The number of aromatic nitrogens is 3. The van der Waals surface area contributed by atoms with Crippen molar-refractivity contribution in [3.8, 4) is 5.75 Å². The van der Waals surface area contributed by atoms with Gasteiger partial charge in [0.2, 0.25) is 5.91 Å². The number of ether oxygens (including phenoxy) is 1. The molecule has 0 bridgehead atoms. The molecule has 2 N–H and O–H groups in total. The number of nitrogens with zero attached hydrogens (tertiary/aromatic N) is 3. The van der Waals surface area contributed by atoms with Crippen LogP contribution in [0.2, 0.25) is 0 Å². The van der Waals surface area contributed by atoms with Crippen LogP contribution in [0.5, 0.6) is 5.75 Å². The van der Waals surface area contributed by atoms with Crippen LogP contribution in [0.4, 0.5) is 5.69 Å². The number of carbonyl (C=O) groups excluding carboxylic acids is 2. The van der Waals surface area contributed by atoms with E-state index in [1.54, 1.807) is 55.1 Å². The first-order chi connectivity index (χ1) is 13.6. The van der Waals surface area contributed by atoms with E-state index >= 15 is 0 Å². The van der Waals surface area contributed by atoms with Gasteiger partial charge >= 0.3 is 0 Å². The van der Waals surface area contributed by atoms with Crippen molar-refractivity contribution in [1.82, 2.24) is 20.1 Å². The maximum absolute atomic E-state index is 12.1. The van der Waals surface area contributed by atoms with E-state index < -0.39 is 0 Å². The molecule has 2 amide bonds. The maximum Gasteiger partial charge on any atom is 0.287 e. The fourth-order valence-electron chi connectivity index (χ4n) is 2.28. The van der Waals surface area contributed by atoms with Gasteiger partial charge in [0.1, 0.15) is 5.75 Å². The van der Waals surface area contributed by atoms with E-state index in [0.29, 0.717) is 16.7 Å². The fourth-order valence-corrected chi connectivity index (χ4v) is 3.01. The summed E-state index contributed by atoms with van der Waals surface area (Å²) in [5.74, 6) is 1.20. The van der Waals surface area contributed by atoms with Crippen LogP contribution < -0.4 is 15.4 Å². The highest BCUT2D eigenvalue weighted by atomic mass is 32.2. The summed E-state index contributed by atoms with van der Waals surface area (Å²) in [5, 5.41) is 14.2. The summed E-state index contributed by atoms with van der Waals surface area (Å²) in [6.07, 6.45) is 1.43. The second-order valence-corrected chi connectivity index (χ2v) is 6.63. The first kappa shape index (κ1) is 19.5. The molecule has 0 saturated heterocycles. The number of thioether (sulfide) groups is 1. The molecule has 0 radical (unpaired) electrons. The third-order valence-electron chi connectivity index (χ3n) is 3.78. The lowest BCUT2D eigenvalue weighted by Crippen LogP contribution is -2.24. The van der Waals surface area contributed by atoms with E-state index in [1.165, 1.54) is 18.0 Å². The highest BCUT2D eigenvalue weighted by Crippen LogP contribution is 2.18. The summed E-state index contributed by atoms with van der Waals surface area (Å²) in [7, 11) is 3.36. The summed E-state index contributed by atoms with van der Waals surface area (Å²) < 4.78 is 11.8. The van der Waals surface area contributed by atoms with Crippen LogP contribution in [-0.2, 0) is 18.4 Å². The summed E-state index contributed by atoms with van der Waals surface area (Å²) in [4.78, 5) is 24.0. The van der Waals surface area contributed by atoms with Gasteiger partial charge in [0.25, 0.3) is 5.91 Å². The van der Waals surface area contributed by atoms with Crippen LogP contribution in [0.15, 0.2) is 52.2 Å². The Morgan fingerprint density at radius 3 is 2.68 bits per heavy atom. The SMILES string of the molecule is COc1ccc(NC(=O)CSc2nnc(CNC(=O)c3ccco3)n2C)cc1. The quantitative estimate of drug-likeness (QED) is 0.556. The number of furan rings is 1. The van der Waals surface area contributed by atoms with Crippen LogP contribution in [0.3, 0.4) is 0 Å². The highest BCUT2D eigenvalue weighted by Gasteiger charge is 2.14. The van der Waals surface area contributed by atoms with Gasteiger partial charge in [-0.05, 0) is 36.4 Å². The van der Waals surface area contributed by atoms with E-state index in [-0.39, 0.29) is 29.9 Å². The van der Waals surface area contributed by atoms with Crippen molar-refractivity contribution in [3.63, 3.8) is 0 Å². The Balaban J connectivity index is 1.49. The van der Waals surface area contributed by atoms with Gasteiger partial charge < -0.3 is 24.4 Å². The van der Waals surface area contributed by atoms with Crippen molar-refractivity contribution < 1.29 is 18.7 Å². The molecular formula is C18H19N5O4S. The number of anilines is 1. The van der Waals surface area contributed by atoms with Gasteiger partial charge in [0.05, 0.1) is 25.7 Å². The number of benzene rings is 1. The molecular weight excluding hydrogens is 382 g/mol. The Bertz CT molecular complexity index is 938. The summed E-state index contributed by atoms with van der Waals surface area (Å²) in [5.41, 5.74) is 0.686. The van der Waals surface area contributed by atoms with E-state index in [0.717, 1.165) is 5.75 Å². The molecule has 0 aliphatic carbocycles. The van der Waals surface area contributed by atoms with Crippen molar-refractivity contribution in [2.75, 3.05) is 18.2 Å². The number of carbonyl (C=O) groups is 2. The number of hydrogen-bond donors (Lipinski definition) is 2. The second kappa shape index (κ2) is 9.09. The number of rotatable bonds is 8. The molecule has 0 atom stereocenters. The molecule has 146 valence electrons. The zero-order chi connectivity index (χ0) is 19.9. The van der Waals surface area contributed by atoms with Crippen LogP contribution in [0, 0.1) is 0 Å². The standard InChI is InChI=1S/C18H19N5O4S/c1-23-15(10-19-17(25)14-4-3-9-27-14)21-22-18(23)28-11-16(24)20-12-5-7-13(26-2)8-6-12/h3-9H,10-11H2,1-2H3,(H,19,25)(H,20,24). The molecule has 2 heterocycles. The predicted molar refractivity (Wildman–Crippen MR) is 103 cm³/mol. The summed E-state index contributed by atoms with van der Waals surface area (Å²) in [6, 6.07) is 10.3. The minimum atomic E-state index is -0.332. The molecule has 3 rings (SSSR count). The molecule has 0 saturated carbocycles. The average Bonchev–Trinajstić information content (AvgIpc) is 3.36. The lowest BCUT2D eigenvalue weighted by molar-refractivity contribution is -0.113. The number of methoxy groups -OCH3 is 1. The van der Waals surface area contributed by atoms with Crippen LogP contribution in [0.25, 0.3) is 0 Å². The van der Waals surface area contributed by atoms with Gasteiger partial charge in [-0.15, -0.1) is 10.2 Å². The van der Waals surface area contributed by atoms with E-state index in [1.807, 2.05) is 0 Å². The van der Waals surface area contributed by atoms with Gasteiger partial charge in [-0.25, -0.2) is 0 Å². The molecule has 0 fully saturated rings.